The number of fused-ring (bicyclic) bond motifs is 3. The Bertz CT molecular complexity index is 1560. The molecule has 0 N–H and O–H groups in total. The van der Waals surface area contributed by atoms with Crippen molar-refractivity contribution in [1.29, 1.82) is 0 Å². The number of ether oxygens (including phenoxy) is 2. The molecule has 2 aromatic carbocycles. The van der Waals surface area contributed by atoms with Crippen LogP contribution in [0.25, 0.3) is 5.69 Å². The molecule has 3 heterocycles. The van der Waals surface area contributed by atoms with Crippen molar-refractivity contribution in [3.05, 3.63) is 82.0 Å². The van der Waals surface area contributed by atoms with Crippen molar-refractivity contribution in [3.8, 4) is 17.2 Å². The van der Waals surface area contributed by atoms with Crippen molar-refractivity contribution in [1.82, 2.24) is 19.7 Å². The number of nitrogens with zero attached hydrogens (tertiary/aromatic N) is 4. The molecule has 0 bridgehead atoms. The van der Waals surface area contributed by atoms with E-state index in [1.807, 2.05) is 0 Å². The van der Waals surface area contributed by atoms with Crippen molar-refractivity contribution in [2.24, 2.45) is 0 Å². The molecule has 0 unspecified atom stereocenters. The van der Waals surface area contributed by atoms with Crippen molar-refractivity contribution >= 4 is 29.3 Å². The monoisotopic (exact) mass is 593 g/mol. The van der Waals surface area contributed by atoms with Gasteiger partial charge in [-0.15, -0.1) is 22.0 Å². The predicted octanol–water partition coefficient (Wildman–Crippen LogP) is 4.75. The van der Waals surface area contributed by atoms with E-state index < -0.39 is 28.5 Å². The zero-order chi connectivity index (χ0) is 28.6. The summed E-state index contributed by atoms with van der Waals surface area (Å²) in [7, 11) is 2.98. The van der Waals surface area contributed by atoms with Crippen LogP contribution in [-0.4, -0.2) is 39.9 Å². The van der Waals surface area contributed by atoms with E-state index in [4.69, 9.17) is 25.5 Å². The second-order valence-corrected chi connectivity index (χ2v) is 10.6. The molecule has 0 spiro atoms. The normalized spacial score (nSPS) is 16.6. The summed E-state index contributed by atoms with van der Waals surface area (Å²) in [6.07, 6.45) is -3.57. The van der Waals surface area contributed by atoms with Gasteiger partial charge in [-0.2, -0.15) is 13.2 Å². The first kappa shape index (κ1) is 27.8. The minimum atomic E-state index is -4.80. The maximum absolute atomic E-state index is 14.2. The first-order chi connectivity index (χ1) is 19.1. The quantitative estimate of drug-likeness (QED) is 0.285. The number of hydrogen-bond donors (Lipinski definition) is 0. The largest absolute Gasteiger partial charge is 0.550 e. The zero-order valence-corrected chi connectivity index (χ0v) is 22.6. The molecular formula is C26H21ClF3N4O5S-. The number of methoxy groups -OCH3 is 2. The number of carboxylic acid groups (broad SMARTS) is 1. The summed E-state index contributed by atoms with van der Waals surface area (Å²) in [5.41, 5.74) is 1.35. The molecule has 5 rings (SSSR count). The number of carbonyl (C=O) groups is 1. The highest BCUT2D eigenvalue weighted by Gasteiger charge is 2.43. The predicted molar refractivity (Wildman–Crippen MR) is 137 cm³/mol. The summed E-state index contributed by atoms with van der Waals surface area (Å²) in [6, 6.07) is 9.92. The topological polar surface area (TPSA) is 115 Å². The molecule has 14 heteroatoms. The van der Waals surface area contributed by atoms with Gasteiger partial charge in [0.25, 0.3) is 0 Å². The van der Waals surface area contributed by atoms with E-state index in [2.05, 4.69) is 15.2 Å². The van der Waals surface area contributed by atoms with Gasteiger partial charge in [0.2, 0.25) is 5.82 Å². The summed E-state index contributed by atoms with van der Waals surface area (Å²) in [4.78, 5) is 15.1. The van der Waals surface area contributed by atoms with Gasteiger partial charge in [-0.3, -0.25) is 4.57 Å². The van der Waals surface area contributed by atoms with Gasteiger partial charge in [0.05, 0.1) is 36.6 Å². The van der Waals surface area contributed by atoms with Gasteiger partial charge in [-0.25, -0.2) is 4.98 Å². The van der Waals surface area contributed by atoms with Crippen LogP contribution in [0.1, 0.15) is 51.3 Å². The molecule has 4 aromatic rings. The lowest BCUT2D eigenvalue weighted by atomic mass is 10.0. The third kappa shape index (κ3) is 5.35. The average molecular weight is 594 g/mol. The van der Waals surface area contributed by atoms with Gasteiger partial charge in [0.1, 0.15) is 5.76 Å². The molecule has 0 fully saturated rings. The lowest BCUT2D eigenvalue weighted by Gasteiger charge is -2.23. The van der Waals surface area contributed by atoms with Crippen molar-refractivity contribution < 1.29 is 37.0 Å². The number of para-hydroxylation sites is 1. The summed E-state index contributed by atoms with van der Waals surface area (Å²) in [5.74, 6) is -0.994. The Balaban J connectivity index is 1.68. The van der Waals surface area contributed by atoms with Crippen molar-refractivity contribution in [2.45, 2.75) is 35.9 Å². The number of aromatic nitrogens is 4. The Labute approximate surface area is 235 Å². The van der Waals surface area contributed by atoms with E-state index in [-0.39, 0.29) is 36.7 Å². The van der Waals surface area contributed by atoms with E-state index in [9.17, 15) is 23.1 Å². The highest BCUT2D eigenvalue weighted by molar-refractivity contribution is 8.00. The number of aryl methyl sites for hydroxylation is 1. The minimum Gasteiger partial charge on any atom is -0.550 e. The van der Waals surface area contributed by atoms with Crippen LogP contribution in [-0.2, 0) is 23.8 Å². The number of carbonyl (C=O) groups excluding carboxylic acids is 1. The van der Waals surface area contributed by atoms with Crippen molar-refractivity contribution in [2.75, 3.05) is 14.2 Å². The molecule has 0 radical (unpaired) electrons. The molecule has 1 aliphatic rings. The van der Waals surface area contributed by atoms with Gasteiger partial charge in [0.15, 0.2) is 23.2 Å². The lowest BCUT2D eigenvalue weighted by Crippen LogP contribution is -2.22. The maximum atomic E-state index is 14.2. The number of aliphatic carboxylic acids is 1. The Kier molecular flexibility index (Phi) is 7.69. The number of hydrogen-bond acceptors (Lipinski definition) is 9. The van der Waals surface area contributed by atoms with E-state index in [1.165, 1.54) is 44.3 Å². The Morgan fingerprint density at radius 2 is 1.98 bits per heavy atom. The number of rotatable bonds is 8. The molecule has 1 aliphatic heterocycles. The molecule has 0 aliphatic carbocycles. The van der Waals surface area contributed by atoms with E-state index in [0.717, 1.165) is 4.57 Å². The highest BCUT2D eigenvalue weighted by atomic mass is 35.5. The van der Waals surface area contributed by atoms with Gasteiger partial charge in [-0.05, 0) is 36.2 Å². The molecule has 2 aromatic heterocycles. The van der Waals surface area contributed by atoms with Crippen LogP contribution >= 0.6 is 23.4 Å². The first-order valence-electron chi connectivity index (χ1n) is 11.9. The molecule has 40 heavy (non-hydrogen) atoms. The third-order valence-corrected chi connectivity index (χ3v) is 8.02. The van der Waals surface area contributed by atoms with Crippen LogP contribution in [0.5, 0.6) is 11.5 Å². The smallest absolute Gasteiger partial charge is 0.452 e. The van der Waals surface area contributed by atoms with Gasteiger partial charge < -0.3 is 23.8 Å². The molecule has 0 amide bonds. The van der Waals surface area contributed by atoms with E-state index in [0.29, 0.717) is 33.4 Å². The van der Waals surface area contributed by atoms with E-state index in [1.54, 1.807) is 24.3 Å². The van der Waals surface area contributed by atoms with E-state index >= 15 is 0 Å². The zero-order valence-electron chi connectivity index (χ0n) is 21.1. The summed E-state index contributed by atoms with van der Waals surface area (Å²) < 4.78 is 60.4. The Hall–Kier alpha value is -3.71. The molecule has 2 atom stereocenters. The fourth-order valence-corrected chi connectivity index (χ4v) is 6.29. The van der Waals surface area contributed by atoms with Gasteiger partial charge >= 0.3 is 6.18 Å². The number of alkyl halides is 3. The Morgan fingerprint density at radius 1 is 1.18 bits per heavy atom. The second kappa shape index (κ2) is 11.0. The lowest BCUT2D eigenvalue weighted by molar-refractivity contribution is -0.305. The summed E-state index contributed by atoms with van der Waals surface area (Å²) in [5, 5.41) is 17.3. The van der Waals surface area contributed by atoms with Crippen LogP contribution in [0.4, 0.5) is 13.2 Å². The van der Waals surface area contributed by atoms with Gasteiger partial charge in [0, 0.05) is 29.4 Å². The molecule has 210 valence electrons. The molecule has 9 nitrogen and oxygen atoms in total. The highest BCUT2D eigenvalue weighted by Crippen LogP contribution is 2.54. The number of halogens is 4. The van der Waals surface area contributed by atoms with Crippen LogP contribution in [0.15, 0.2) is 47.0 Å². The minimum absolute atomic E-state index is 0.0382. The number of benzene rings is 2. The number of carboxylic acids is 1. The fourth-order valence-electron chi connectivity index (χ4n) is 4.60. The van der Waals surface area contributed by atoms with Crippen LogP contribution in [0.3, 0.4) is 0 Å². The van der Waals surface area contributed by atoms with Crippen LogP contribution < -0.4 is 14.6 Å². The first-order valence-corrected chi connectivity index (χ1v) is 13.2. The SMILES string of the molecule is COc1cccc([C@H]2S[C@H](Cc3ncc(CCC(=O)[O-])o3)c3nnc(C(F)(F)F)n3-c3ccc(Cl)cc32)c1OC. The summed E-state index contributed by atoms with van der Waals surface area (Å²) >= 11 is 7.67. The molecule has 0 saturated carbocycles. The summed E-state index contributed by atoms with van der Waals surface area (Å²) in [6.45, 7) is 0. The van der Waals surface area contributed by atoms with Crippen LogP contribution in [0, 0.1) is 0 Å². The van der Waals surface area contributed by atoms with Gasteiger partial charge in [-0.1, -0.05) is 23.7 Å². The van der Waals surface area contributed by atoms with Crippen molar-refractivity contribution in [3.63, 3.8) is 0 Å². The number of oxazole rings is 1. The fraction of sp³-hybridized carbons (Fsp3) is 0.308. The average Bonchev–Trinajstić information content (AvgIpc) is 3.54. The molecular weight excluding hydrogens is 573 g/mol. The Morgan fingerprint density at radius 3 is 2.67 bits per heavy atom. The second-order valence-electron chi connectivity index (χ2n) is 8.80. The maximum Gasteiger partial charge on any atom is 0.452 e. The number of thioether (sulfide) groups is 1. The standard InChI is InChI=1S/C26H22ClF3N4O5S/c1-37-18-5-3-4-15(22(18)38-2)23-16-10-13(27)6-8-17(16)34-24(32-33-25(34)26(28,29)30)19(40-23)11-20-31-12-14(39-20)7-9-21(35)36/h3-6,8,10,12,19,23H,7,9,11H2,1-2H3,(H,35,36)/p-1/t19-,23-/m1/s1. The third-order valence-electron chi connectivity index (χ3n) is 6.30. The van der Waals surface area contributed by atoms with Crippen LogP contribution in [0.2, 0.25) is 5.02 Å². The molecule has 0 saturated heterocycles.